The summed E-state index contributed by atoms with van der Waals surface area (Å²) in [6.07, 6.45) is -0.450. The minimum atomic E-state index is -4.23. The van der Waals surface area contributed by atoms with Crippen molar-refractivity contribution in [1.82, 2.24) is 0 Å². The van der Waals surface area contributed by atoms with Crippen LogP contribution >= 0.6 is 0 Å². The molecule has 1 aliphatic rings. The van der Waals surface area contributed by atoms with Crippen molar-refractivity contribution in [3.8, 4) is 0 Å². The molecule has 0 saturated heterocycles. The van der Waals surface area contributed by atoms with Crippen molar-refractivity contribution in [2.45, 2.75) is 40.3 Å². The molecule has 86 valence electrons. The number of hydrogen-bond donors (Lipinski definition) is 0. The first-order valence-corrected chi connectivity index (χ1v) is 5.12. The van der Waals surface area contributed by atoms with Gasteiger partial charge in [0.15, 0.2) is 0 Å². The maximum absolute atomic E-state index is 12.8. The molecule has 0 aromatic carbocycles. The van der Waals surface area contributed by atoms with Gasteiger partial charge in [-0.25, -0.2) is 0 Å². The molecule has 3 heteroatoms. The molecule has 1 atom stereocenters. The maximum atomic E-state index is 12.8. The Morgan fingerprint density at radius 2 is 1.67 bits per heavy atom. The van der Waals surface area contributed by atoms with Crippen molar-refractivity contribution < 1.29 is 13.2 Å². The van der Waals surface area contributed by atoms with Crippen LogP contribution in [0.4, 0.5) is 13.2 Å². The average Bonchev–Trinajstić information content (AvgIpc) is 2.00. The molecule has 0 aromatic heterocycles. The zero-order valence-corrected chi connectivity index (χ0v) is 9.57. The van der Waals surface area contributed by atoms with Crippen LogP contribution in [-0.2, 0) is 0 Å². The molecule has 0 spiro atoms. The van der Waals surface area contributed by atoms with E-state index in [4.69, 9.17) is 0 Å². The summed E-state index contributed by atoms with van der Waals surface area (Å²) in [4.78, 5) is 0. The second-order valence-corrected chi connectivity index (χ2v) is 5.16. The van der Waals surface area contributed by atoms with E-state index in [0.717, 1.165) is 0 Å². The van der Waals surface area contributed by atoms with E-state index in [1.807, 2.05) is 27.7 Å². The SMILES string of the molecule is CC1C=C(C(F)(F)F)C(C(C)(C)C)=CC1. The molecule has 1 rings (SSSR count). The molecule has 0 amide bonds. The van der Waals surface area contributed by atoms with Gasteiger partial charge in [-0.15, -0.1) is 0 Å². The lowest BCUT2D eigenvalue weighted by Gasteiger charge is -2.30. The summed E-state index contributed by atoms with van der Waals surface area (Å²) < 4.78 is 38.4. The van der Waals surface area contributed by atoms with Crippen molar-refractivity contribution >= 4 is 0 Å². The van der Waals surface area contributed by atoms with E-state index in [-0.39, 0.29) is 5.92 Å². The van der Waals surface area contributed by atoms with Crippen molar-refractivity contribution in [3.63, 3.8) is 0 Å². The van der Waals surface area contributed by atoms with E-state index >= 15 is 0 Å². The normalized spacial score (nSPS) is 23.5. The minimum Gasteiger partial charge on any atom is -0.166 e. The van der Waals surface area contributed by atoms with Gasteiger partial charge in [-0.3, -0.25) is 0 Å². The van der Waals surface area contributed by atoms with Gasteiger partial charge in [0, 0.05) is 0 Å². The first-order chi connectivity index (χ1) is 6.62. The van der Waals surface area contributed by atoms with Gasteiger partial charge in [-0.05, 0) is 23.3 Å². The topological polar surface area (TPSA) is 0 Å². The van der Waals surface area contributed by atoms with Crippen LogP contribution in [0.1, 0.15) is 34.1 Å². The highest BCUT2D eigenvalue weighted by molar-refractivity contribution is 5.41. The first-order valence-electron chi connectivity index (χ1n) is 5.12. The van der Waals surface area contributed by atoms with E-state index in [0.29, 0.717) is 12.0 Å². The van der Waals surface area contributed by atoms with Crippen LogP contribution in [0, 0.1) is 11.3 Å². The van der Waals surface area contributed by atoms with Gasteiger partial charge in [0.1, 0.15) is 0 Å². The number of rotatable bonds is 0. The fourth-order valence-electron chi connectivity index (χ4n) is 1.81. The third kappa shape index (κ3) is 2.86. The van der Waals surface area contributed by atoms with E-state index in [1.165, 1.54) is 6.08 Å². The highest BCUT2D eigenvalue weighted by Gasteiger charge is 2.40. The fraction of sp³-hybridized carbons (Fsp3) is 0.667. The van der Waals surface area contributed by atoms with Gasteiger partial charge in [0.2, 0.25) is 0 Å². The van der Waals surface area contributed by atoms with Gasteiger partial charge < -0.3 is 0 Å². The molecular weight excluding hydrogens is 201 g/mol. The molecule has 0 nitrogen and oxygen atoms in total. The average molecular weight is 218 g/mol. The van der Waals surface area contributed by atoms with Crippen molar-refractivity contribution in [2.75, 3.05) is 0 Å². The van der Waals surface area contributed by atoms with E-state index in [2.05, 4.69) is 0 Å². The van der Waals surface area contributed by atoms with Crippen molar-refractivity contribution in [1.29, 1.82) is 0 Å². The Kier molecular flexibility index (Phi) is 3.04. The van der Waals surface area contributed by atoms with Crippen LogP contribution < -0.4 is 0 Å². The van der Waals surface area contributed by atoms with E-state index in [9.17, 15) is 13.2 Å². The molecular formula is C12H17F3. The number of alkyl halides is 3. The van der Waals surface area contributed by atoms with Gasteiger partial charge in [0.05, 0.1) is 5.57 Å². The lowest BCUT2D eigenvalue weighted by Crippen LogP contribution is -2.24. The Labute approximate surface area is 88.9 Å². The smallest absolute Gasteiger partial charge is 0.166 e. The molecule has 0 fully saturated rings. The van der Waals surface area contributed by atoms with Gasteiger partial charge in [0.25, 0.3) is 0 Å². The molecule has 0 saturated carbocycles. The molecule has 15 heavy (non-hydrogen) atoms. The zero-order chi connectivity index (χ0) is 11.9. The molecule has 0 aromatic rings. The predicted molar refractivity (Wildman–Crippen MR) is 55.5 cm³/mol. The third-order valence-corrected chi connectivity index (χ3v) is 2.55. The number of hydrogen-bond acceptors (Lipinski definition) is 0. The van der Waals surface area contributed by atoms with Crippen LogP contribution in [0.3, 0.4) is 0 Å². The minimum absolute atomic E-state index is 0.0206. The van der Waals surface area contributed by atoms with Crippen molar-refractivity contribution in [3.05, 3.63) is 23.3 Å². The molecule has 0 radical (unpaired) electrons. The molecule has 0 aliphatic heterocycles. The lowest BCUT2D eigenvalue weighted by atomic mass is 9.77. The van der Waals surface area contributed by atoms with Gasteiger partial charge in [-0.1, -0.05) is 39.8 Å². The Bertz CT molecular complexity index is 300. The molecule has 0 bridgehead atoms. The van der Waals surface area contributed by atoms with E-state index < -0.39 is 17.2 Å². The predicted octanol–water partition coefficient (Wildman–Crippen LogP) is 4.49. The van der Waals surface area contributed by atoms with Crippen LogP contribution in [-0.4, -0.2) is 6.18 Å². The molecule has 0 N–H and O–H groups in total. The van der Waals surface area contributed by atoms with Crippen LogP contribution in [0.2, 0.25) is 0 Å². The highest BCUT2D eigenvalue weighted by atomic mass is 19.4. The fourth-order valence-corrected chi connectivity index (χ4v) is 1.81. The molecule has 1 aliphatic carbocycles. The largest absolute Gasteiger partial charge is 0.416 e. The van der Waals surface area contributed by atoms with Crippen LogP contribution in [0.25, 0.3) is 0 Å². The monoisotopic (exact) mass is 218 g/mol. The van der Waals surface area contributed by atoms with Crippen LogP contribution in [0.15, 0.2) is 23.3 Å². The van der Waals surface area contributed by atoms with E-state index in [1.54, 1.807) is 6.08 Å². The number of halogens is 3. The lowest BCUT2D eigenvalue weighted by molar-refractivity contribution is -0.0915. The molecule has 0 heterocycles. The Balaban J connectivity index is 3.13. The highest BCUT2D eigenvalue weighted by Crippen LogP contribution is 2.43. The standard InChI is InChI=1S/C12H17F3/c1-8-5-6-9(11(2,3)4)10(7-8)12(13,14)15/h6-8H,5H2,1-4H3. The second kappa shape index (κ2) is 3.69. The maximum Gasteiger partial charge on any atom is 0.416 e. The van der Waals surface area contributed by atoms with Gasteiger partial charge in [-0.2, -0.15) is 13.2 Å². The summed E-state index contributed by atoms with van der Waals surface area (Å²) in [5.74, 6) is -0.0206. The summed E-state index contributed by atoms with van der Waals surface area (Å²) in [6.45, 7) is 7.25. The first kappa shape index (κ1) is 12.3. The summed E-state index contributed by atoms with van der Waals surface area (Å²) in [7, 11) is 0. The summed E-state index contributed by atoms with van der Waals surface area (Å²) in [5, 5.41) is 0. The molecule has 1 unspecified atom stereocenters. The quantitative estimate of drug-likeness (QED) is 0.562. The zero-order valence-electron chi connectivity index (χ0n) is 9.57. The Morgan fingerprint density at radius 3 is 2.07 bits per heavy atom. The van der Waals surface area contributed by atoms with Crippen LogP contribution in [0.5, 0.6) is 0 Å². The third-order valence-electron chi connectivity index (χ3n) is 2.55. The Morgan fingerprint density at radius 1 is 1.13 bits per heavy atom. The Hall–Kier alpha value is -0.730. The second-order valence-electron chi connectivity index (χ2n) is 5.16. The van der Waals surface area contributed by atoms with Crippen molar-refractivity contribution in [2.24, 2.45) is 11.3 Å². The van der Waals surface area contributed by atoms with Gasteiger partial charge >= 0.3 is 6.18 Å². The summed E-state index contributed by atoms with van der Waals surface area (Å²) >= 11 is 0. The summed E-state index contributed by atoms with van der Waals surface area (Å²) in [6, 6.07) is 0. The summed E-state index contributed by atoms with van der Waals surface area (Å²) in [5.41, 5.74) is -0.469. The number of allylic oxidation sites excluding steroid dienone is 4.